The monoisotopic (exact) mass is 315 g/mol. The van der Waals surface area contributed by atoms with Gasteiger partial charge in [-0.2, -0.15) is 0 Å². The molecular formula is C12H14BrNO4. The second-order valence-electron chi connectivity index (χ2n) is 4.08. The van der Waals surface area contributed by atoms with E-state index in [2.05, 4.69) is 21.2 Å². The summed E-state index contributed by atoms with van der Waals surface area (Å²) in [7, 11) is 0. The minimum absolute atomic E-state index is 0.264. The highest BCUT2D eigenvalue weighted by Crippen LogP contribution is 2.28. The van der Waals surface area contributed by atoms with E-state index in [0.717, 1.165) is 4.47 Å². The summed E-state index contributed by atoms with van der Waals surface area (Å²) in [6.07, 6.45) is -1.33. The van der Waals surface area contributed by atoms with Crippen molar-refractivity contribution in [1.82, 2.24) is 5.32 Å². The molecule has 1 aromatic carbocycles. The number of hydrogen-bond acceptors (Lipinski definition) is 4. The van der Waals surface area contributed by atoms with Gasteiger partial charge in [-0.3, -0.25) is 0 Å². The molecule has 0 saturated carbocycles. The van der Waals surface area contributed by atoms with Crippen LogP contribution in [0.4, 0.5) is 4.79 Å². The van der Waals surface area contributed by atoms with E-state index in [1.165, 1.54) is 0 Å². The standard InChI is InChI=1S/C12H14BrNO4/c1-7(15)10-4-8(13)2-3-11(10)17-6-9-5-14-12(16)18-9/h2-4,7,9,15H,5-6H2,1H3,(H,14,16)/t7-,9?/m0/s1. The van der Waals surface area contributed by atoms with E-state index in [1.807, 2.05) is 6.07 Å². The van der Waals surface area contributed by atoms with Crippen LogP contribution in [0.1, 0.15) is 18.6 Å². The first kappa shape index (κ1) is 13.2. The van der Waals surface area contributed by atoms with Gasteiger partial charge in [0.05, 0.1) is 12.6 Å². The summed E-state index contributed by atoms with van der Waals surface area (Å²) in [5.41, 5.74) is 0.696. The zero-order chi connectivity index (χ0) is 13.1. The predicted octanol–water partition coefficient (Wildman–Crippen LogP) is 1.99. The molecule has 0 aliphatic carbocycles. The molecule has 18 heavy (non-hydrogen) atoms. The predicted molar refractivity (Wildman–Crippen MR) is 68.5 cm³/mol. The van der Waals surface area contributed by atoms with Gasteiger partial charge in [0.1, 0.15) is 12.4 Å². The minimum Gasteiger partial charge on any atom is -0.489 e. The Balaban J connectivity index is 2.02. The van der Waals surface area contributed by atoms with E-state index >= 15 is 0 Å². The molecule has 1 amide bonds. The third kappa shape index (κ3) is 3.14. The number of halogens is 1. The number of amides is 1. The third-order valence-corrected chi connectivity index (χ3v) is 3.09. The average Bonchev–Trinajstić information content (AvgIpc) is 2.73. The second kappa shape index (κ2) is 5.58. The lowest BCUT2D eigenvalue weighted by Crippen LogP contribution is -2.22. The van der Waals surface area contributed by atoms with Gasteiger partial charge in [0.2, 0.25) is 0 Å². The Hall–Kier alpha value is -1.27. The molecule has 2 rings (SSSR count). The number of hydrogen-bond donors (Lipinski definition) is 2. The maximum absolute atomic E-state index is 10.8. The Kier molecular flexibility index (Phi) is 4.08. The van der Waals surface area contributed by atoms with Gasteiger partial charge < -0.3 is 19.9 Å². The summed E-state index contributed by atoms with van der Waals surface area (Å²) in [6, 6.07) is 5.41. The number of carbonyl (C=O) groups excluding carboxylic acids is 1. The van der Waals surface area contributed by atoms with Crippen molar-refractivity contribution in [3.05, 3.63) is 28.2 Å². The zero-order valence-corrected chi connectivity index (χ0v) is 11.4. The van der Waals surface area contributed by atoms with Crippen molar-refractivity contribution in [1.29, 1.82) is 0 Å². The first-order valence-corrected chi connectivity index (χ1v) is 6.40. The molecule has 0 bridgehead atoms. The molecule has 0 aromatic heterocycles. The van der Waals surface area contributed by atoms with E-state index < -0.39 is 12.2 Å². The Morgan fingerprint density at radius 1 is 1.67 bits per heavy atom. The SMILES string of the molecule is C[C@H](O)c1cc(Br)ccc1OCC1CNC(=O)O1. The molecular weight excluding hydrogens is 302 g/mol. The Bertz CT molecular complexity index is 450. The topological polar surface area (TPSA) is 67.8 Å². The number of nitrogens with one attached hydrogen (secondary N) is 1. The van der Waals surface area contributed by atoms with Crippen LogP contribution in [0.5, 0.6) is 5.75 Å². The van der Waals surface area contributed by atoms with Crippen molar-refractivity contribution in [3.63, 3.8) is 0 Å². The van der Waals surface area contributed by atoms with Crippen LogP contribution in [0.3, 0.4) is 0 Å². The van der Waals surface area contributed by atoms with Crippen LogP contribution in [0.2, 0.25) is 0 Å². The first-order valence-electron chi connectivity index (χ1n) is 5.61. The molecule has 1 aliphatic heterocycles. The Morgan fingerprint density at radius 3 is 3.06 bits per heavy atom. The molecule has 6 heteroatoms. The number of aliphatic hydroxyl groups is 1. The second-order valence-corrected chi connectivity index (χ2v) is 4.99. The first-order chi connectivity index (χ1) is 8.56. The average molecular weight is 316 g/mol. The lowest BCUT2D eigenvalue weighted by molar-refractivity contribution is 0.102. The van der Waals surface area contributed by atoms with E-state index in [-0.39, 0.29) is 12.7 Å². The number of alkyl carbamates (subject to hydrolysis) is 1. The highest BCUT2D eigenvalue weighted by molar-refractivity contribution is 9.10. The maximum Gasteiger partial charge on any atom is 0.407 e. The molecule has 0 radical (unpaired) electrons. The highest BCUT2D eigenvalue weighted by Gasteiger charge is 2.23. The molecule has 1 fully saturated rings. The molecule has 0 spiro atoms. The van der Waals surface area contributed by atoms with Gasteiger partial charge in [-0.05, 0) is 25.1 Å². The summed E-state index contributed by atoms with van der Waals surface area (Å²) in [5.74, 6) is 0.594. The van der Waals surface area contributed by atoms with Crippen molar-refractivity contribution in [2.24, 2.45) is 0 Å². The van der Waals surface area contributed by atoms with Crippen LogP contribution in [0, 0.1) is 0 Å². The van der Waals surface area contributed by atoms with Crippen LogP contribution in [0.25, 0.3) is 0 Å². The fourth-order valence-corrected chi connectivity index (χ4v) is 2.06. The third-order valence-electron chi connectivity index (χ3n) is 2.59. The molecule has 98 valence electrons. The fourth-order valence-electron chi connectivity index (χ4n) is 1.68. The van der Waals surface area contributed by atoms with E-state index in [1.54, 1.807) is 19.1 Å². The fraction of sp³-hybridized carbons (Fsp3) is 0.417. The highest BCUT2D eigenvalue weighted by atomic mass is 79.9. The molecule has 5 nitrogen and oxygen atoms in total. The van der Waals surface area contributed by atoms with Gasteiger partial charge >= 0.3 is 6.09 Å². The van der Waals surface area contributed by atoms with Crippen LogP contribution in [-0.2, 0) is 4.74 Å². The van der Waals surface area contributed by atoms with E-state index in [4.69, 9.17) is 9.47 Å². The lowest BCUT2D eigenvalue weighted by atomic mass is 10.1. The van der Waals surface area contributed by atoms with Crippen molar-refractivity contribution in [2.75, 3.05) is 13.2 Å². The maximum atomic E-state index is 10.8. The molecule has 1 aliphatic rings. The van der Waals surface area contributed by atoms with Crippen LogP contribution in [0.15, 0.2) is 22.7 Å². The summed E-state index contributed by atoms with van der Waals surface area (Å²) in [5, 5.41) is 12.2. The number of aliphatic hydroxyl groups excluding tert-OH is 1. The normalized spacial score (nSPS) is 20.2. The number of benzene rings is 1. The van der Waals surface area contributed by atoms with Crippen LogP contribution >= 0.6 is 15.9 Å². The van der Waals surface area contributed by atoms with Crippen molar-refractivity contribution in [2.45, 2.75) is 19.1 Å². The van der Waals surface area contributed by atoms with E-state index in [9.17, 15) is 9.90 Å². The Morgan fingerprint density at radius 2 is 2.44 bits per heavy atom. The quantitative estimate of drug-likeness (QED) is 0.891. The molecule has 1 saturated heterocycles. The van der Waals surface area contributed by atoms with Gasteiger partial charge in [0.15, 0.2) is 6.10 Å². The minimum atomic E-state index is -0.623. The van der Waals surface area contributed by atoms with Crippen LogP contribution in [-0.4, -0.2) is 30.5 Å². The van der Waals surface area contributed by atoms with Gasteiger partial charge in [0.25, 0.3) is 0 Å². The summed E-state index contributed by atoms with van der Waals surface area (Å²) in [4.78, 5) is 10.8. The summed E-state index contributed by atoms with van der Waals surface area (Å²) < 4.78 is 11.4. The summed E-state index contributed by atoms with van der Waals surface area (Å²) in [6.45, 7) is 2.38. The molecule has 1 aromatic rings. The van der Waals surface area contributed by atoms with E-state index in [0.29, 0.717) is 17.9 Å². The number of cyclic esters (lactones) is 1. The Labute approximate surface area is 113 Å². The van der Waals surface area contributed by atoms with Crippen molar-refractivity contribution in [3.8, 4) is 5.75 Å². The summed E-state index contributed by atoms with van der Waals surface area (Å²) >= 11 is 3.34. The van der Waals surface area contributed by atoms with Gasteiger partial charge in [0, 0.05) is 10.0 Å². The van der Waals surface area contributed by atoms with Gasteiger partial charge in [-0.1, -0.05) is 15.9 Å². The van der Waals surface area contributed by atoms with Crippen LogP contribution < -0.4 is 10.1 Å². The molecule has 2 N–H and O–H groups in total. The zero-order valence-electron chi connectivity index (χ0n) is 9.85. The van der Waals surface area contributed by atoms with Crippen molar-refractivity contribution < 1.29 is 19.4 Å². The largest absolute Gasteiger partial charge is 0.489 e. The molecule has 1 unspecified atom stereocenters. The van der Waals surface area contributed by atoms with Gasteiger partial charge in [-0.15, -0.1) is 0 Å². The lowest BCUT2D eigenvalue weighted by Gasteiger charge is -2.15. The molecule has 1 heterocycles. The molecule has 2 atom stereocenters. The number of carbonyl (C=O) groups is 1. The number of rotatable bonds is 4. The smallest absolute Gasteiger partial charge is 0.407 e. The number of ether oxygens (including phenoxy) is 2. The van der Waals surface area contributed by atoms with Crippen molar-refractivity contribution >= 4 is 22.0 Å². The van der Waals surface area contributed by atoms with Gasteiger partial charge in [-0.25, -0.2) is 4.79 Å².